The van der Waals surface area contributed by atoms with Crippen LogP contribution in [0, 0.1) is 0 Å². The fourth-order valence-corrected chi connectivity index (χ4v) is 2.74. The number of amides is 1. The molecule has 2 rings (SSSR count). The van der Waals surface area contributed by atoms with Crippen LogP contribution in [0.15, 0.2) is 48.5 Å². The molecule has 0 aliphatic rings. The molecule has 0 bridgehead atoms. The summed E-state index contributed by atoms with van der Waals surface area (Å²) in [6, 6.07) is 15.0. The number of methoxy groups -OCH3 is 1. The van der Waals surface area contributed by atoms with Gasteiger partial charge in [0.1, 0.15) is 5.75 Å². The van der Waals surface area contributed by atoms with Crippen molar-refractivity contribution in [2.75, 3.05) is 25.6 Å². The van der Waals surface area contributed by atoms with E-state index in [9.17, 15) is 4.79 Å². The summed E-state index contributed by atoms with van der Waals surface area (Å²) in [5.41, 5.74) is 1.78. The minimum Gasteiger partial charge on any atom is -0.495 e. The molecule has 0 saturated heterocycles. The molecule has 1 N–H and O–H groups in total. The zero-order chi connectivity index (χ0) is 16.8. The second kappa shape index (κ2) is 7.88. The van der Waals surface area contributed by atoms with Crippen molar-refractivity contribution in [3.8, 4) is 5.75 Å². The average molecular weight is 333 g/mol. The maximum Gasteiger partial charge on any atom is 0.239 e. The first-order chi connectivity index (χ1) is 11.0. The lowest BCUT2D eigenvalue weighted by atomic mass is 10.1. The molecule has 0 saturated carbocycles. The van der Waals surface area contributed by atoms with Crippen molar-refractivity contribution in [3.63, 3.8) is 0 Å². The van der Waals surface area contributed by atoms with E-state index in [1.807, 2.05) is 67.4 Å². The summed E-state index contributed by atoms with van der Waals surface area (Å²) in [7, 11) is 3.48. The lowest BCUT2D eigenvalue weighted by Gasteiger charge is -2.23. The number of nitrogens with one attached hydrogen (secondary N) is 1. The van der Waals surface area contributed by atoms with Crippen molar-refractivity contribution >= 4 is 23.2 Å². The molecule has 1 atom stereocenters. The van der Waals surface area contributed by atoms with Gasteiger partial charge in [-0.1, -0.05) is 41.9 Å². The quantitative estimate of drug-likeness (QED) is 0.877. The molecule has 0 fully saturated rings. The Morgan fingerprint density at radius 2 is 1.87 bits per heavy atom. The number of hydrogen-bond acceptors (Lipinski definition) is 3. The fourth-order valence-electron chi connectivity index (χ4n) is 2.44. The van der Waals surface area contributed by atoms with E-state index < -0.39 is 0 Å². The van der Waals surface area contributed by atoms with Crippen LogP contribution in [-0.4, -0.2) is 26.6 Å². The van der Waals surface area contributed by atoms with Crippen LogP contribution in [0.1, 0.15) is 18.5 Å². The smallest absolute Gasteiger partial charge is 0.239 e. The standard InChI is InChI=1S/C18H21ClN2O2/c1-13(14-8-4-5-9-15(14)19)20-18(22)12-21(2)16-10-6-7-11-17(16)23-3/h4-11,13H,12H2,1-3H3,(H,20,22). The van der Waals surface area contributed by atoms with Gasteiger partial charge in [-0.15, -0.1) is 0 Å². The number of ether oxygens (including phenoxy) is 1. The van der Waals surface area contributed by atoms with E-state index in [1.165, 1.54) is 0 Å². The van der Waals surface area contributed by atoms with Gasteiger partial charge in [0.15, 0.2) is 0 Å². The highest BCUT2D eigenvalue weighted by Crippen LogP contribution is 2.26. The highest BCUT2D eigenvalue weighted by atomic mass is 35.5. The fraction of sp³-hybridized carbons (Fsp3) is 0.278. The largest absolute Gasteiger partial charge is 0.495 e. The van der Waals surface area contributed by atoms with Crippen molar-refractivity contribution in [3.05, 3.63) is 59.1 Å². The van der Waals surface area contributed by atoms with Gasteiger partial charge < -0.3 is 15.0 Å². The molecule has 1 unspecified atom stereocenters. The number of anilines is 1. The summed E-state index contributed by atoms with van der Waals surface area (Å²) in [5, 5.41) is 3.62. The average Bonchev–Trinajstić information content (AvgIpc) is 2.54. The first-order valence-electron chi connectivity index (χ1n) is 7.41. The summed E-state index contributed by atoms with van der Waals surface area (Å²) in [6.07, 6.45) is 0. The van der Waals surface area contributed by atoms with Crippen LogP contribution in [0.5, 0.6) is 5.75 Å². The summed E-state index contributed by atoms with van der Waals surface area (Å²) in [6.45, 7) is 2.15. The maximum absolute atomic E-state index is 12.3. The molecular formula is C18H21ClN2O2. The number of carbonyl (C=O) groups is 1. The molecule has 0 aliphatic carbocycles. The van der Waals surface area contributed by atoms with Crippen molar-refractivity contribution < 1.29 is 9.53 Å². The van der Waals surface area contributed by atoms with Crippen molar-refractivity contribution in [1.29, 1.82) is 0 Å². The first kappa shape index (κ1) is 17.2. The van der Waals surface area contributed by atoms with E-state index in [0.717, 1.165) is 17.0 Å². The Bertz CT molecular complexity index is 676. The van der Waals surface area contributed by atoms with Crippen LogP contribution in [0.4, 0.5) is 5.69 Å². The Kier molecular flexibility index (Phi) is 5.88. The SMILES string of the molecule is COc1ccccc1N(C)CC(=O)NC(C)c1ccccc1Cl. The van der Waals surface area contributed by atoms with Crippen LogP contribution < -0.4 is 15.0 Å². The minimum atomic E-state index is -0.151. The van der Waals surface area contributed by atoms with E-state index in [4.69, 9.17) is 16.3 Å². The number of nitrogens with zero attached hydrogens (tertiary/aromatic N) is 1. The van der Waals surface area contributed by atoms with Crippen molar-refractivity contribution in [2.24, 2.45) is 0 Å². The molecule has 0 heterocycles. The second-order valence-electron chi connectivity index (χ2n) is 5.34. The lowest BCUT2D eigenvalue weighted by molar-refractivity contribution is -0.120. The van der Waals surface area contributed by atoms with E-state index in [1.54, 1.807) is 7.11 Å². The topological polar surface area (TPSA) is 41.6 Å². The molecule has 23 heavy (non-hydrogen) atoms. The summed E-state index contributed by atoms with van der Waals surface area (Å²) in [5.74, 6) is 0.660. The Morgan fingerprint density at radius 1 is 1.22 bits per heavy atom. The van der Waals surface area contributed by atoms with Crippen LogP contribution >= 0.6 is 11.6 Å². The maximum atomic E-state index is 12.3. The van der Waals surface area contributed by atoms with Crippen LogP contribution in [-0.2, 0) is 4.79 Å². The third-order valence-electron chi connectivity index (χ3n) is 3.63. The number of halogens is 1. The zero-order valence-electron chi connectivity index (χ0n) is 13.5. The summed E-state index contributed by atoms with van der Waals surface area (Å²) in [4.78, 5) is 14.1. The molecule has 0 aromatic heterocycles. The molecule has 2 aromatic carbocycles. The van der Waals surface area contributed by atoms with Crippen LogP contribution in [0.25, 0.3) is 0 Å². The number of para-hydroxylation sites is 2. The number of likely N-dealkylation sites (N-methyl/N-ethyl adjacent to an activating group) is 1. The summed E-state index contributed by atoms with van der Waals surface area (Å²) >= 11 is 6.17. The monoisotopic (exact) mass is 332 g/mol. The van der Waals surface area contributed by atoms with E-state index >= 15 is 0 Å². The molecule has 0 aliphatic heterocycles. The van der Waals surface area contributed by atoms with Gasteiger partial charge in [0.2, 0.25) is 5.91 Å². The molecule has 1 amide bonds. The van der Waals surface area contributed by atoms with Gasteiger partial charge in [0.25, 0.3) is 0 Å². The van der Waals surface area contributed by atoms with Gasteiger partial charge in [-0.2, -0.15) is 0 Å². The van der Waals surface area contributed by atoms with Gasteiger partial charge in [-0.25, -0.2) is 0 Å². The third-order valence-corrected chi connectivity index (χ3v) is 3.97. The Balaban J connectivity index is 2.00. The molecule has 0 radical (unpaired) electrons. The first-order valence-corrected chi connectivity index (χ1v) is 7.78. The van der Waals surface area contributed by atoms with Gasteiger partial charge in [-0.05, 0) is 30.7 Å². The molecule has 122 valence electrons. The Labute approximate surface area is 142 Å². The normalized spacial score (nSPS) is 11.7. The van der Waals surface area contributed by atoms with Gasteiger partial charge in [0.05, 0.1) is 25.4 Å². The second-order valence-corrected chi connectivity index (χ2v) is 5.75. The van der Waals surface area contributed by atoms with Crippen molar-refractivity contribution in [2.45, 2.75) is 13.0 Å². The zero-order valence-corrected chi connectivity index (χ0v) is 14.3. The molecular weight excluding hydrogens is 312 g/mol. The highest BCUT2D eigenvalue weighted by molar-refractivity contribution is 6.31. The number of hydrogen-bond donors (Lipinski definition) is 1. The predicted molar refractivity (Wildman–Crippen MR) is 94.3 cm³/mol. The molecule has 5 heteroatoms. The Hall–Kier alpha value is -2.20. The van der Waals surface area contributed by atoms with E-state index in [2.05, 4.69) is 5.32 Å². The number of rotatable bonds is 6. The van der Waals surface area contributed by atoms with Crippen molar-refractivity contribution in [1.82, 2.24) is 5.32 Å². The lowest BCUT2D eigenvalue weighted by Crippen LogP contribution is -2.36. The highest BCUT2D eigenvalue weighted by Gasteiger charge is 2.15. The van der Waals surface area contributed by atoms with Gasteiger partial charge in [0, 0.05) is 12.1 Å². The predicted octanol–water partition coefficient (Wildman–Crippen LogP) is 3.66. The molecule has 4 nitrogen and oxygen atoms in total. The summed E-state index contributed by atoms with van der Waals surface area (Å²) < 4.78 is 5.32. The van der Waals surface area contributed by atoms with Gasteiger partial charge >= 0.3 is 0 Å². The van der Waals surface area contributed by atoms with Crippen LogP contribution in [0.3, 0.4) is 0 Å². The van der Waals surface area contributed by atoms with E-state index in [-0.39, 0.29) is 18.5 Å². The number of carbonyl (C=O) groups excluding carboxylic acids is 1. The minimum absolute atomic E-state index is 0.0779. The van der Waals surface area contributed by atoms with Gasteiger partial charge in [-0.3, -0.25) is 4.79 Å². The molecule has 2 aromatic rings. The Morgan fingerprint density at radius 3 is 2.57 bits per heavy atom. The van der Waals surface area contributed by atoms with E-state index in [0.29, 0.717) is 5.02 Å². The number of benzene rings is 2. The molecule has 0 spiro atoms. The third kappa shape index (κ3) is 4.39. The van der Waals surface area contributed by atoms with Crippen LogP contribution in [0.2, 0.25) is 5.02 Å².